The number of ether oxygens (including phenoxy) is 4. The van der Waals surface area contributed by atoms with Gasteiger partial charge in [-0.25, -0.2) is 9.59 Å². The zero-order valence-corrected chi connectivity index (χ0v) is 22.5. The van der Waals surface area contributed by atoms with Crippen LogP contribution in [-0.4, -0.2) is 82.5 Å². The van der Waals surface area contributed by atoms with Crippen molar-refractivity contribution in [2.45, 2.75) is 19.5 Å². The summed E-state index contributed by atoms with van der Waals surface area (Å²) < 4.78 is 21.9. The second-order valence-electron chi connectivity index (χ2n) is 8.71. The molecule has 1 saturated heterocycles. The first kappa shape index (κ1) is 26.8. The Bertz CT molecular complexity index is 1130. The van der Waals surface area contributed by atoms with Gasteiger partial charge in [-0.2, -0.15) is 0 Å². The number of esters is 1. The van der Waals surface area contributed by atoms with Crippen molar-refractivity contribution in [2.24, 2.45) is 0 Å². The Morgan fingerprint density at radius 2 is 1.70 bits per heavy atom. The van der Waals surface area contributed by atoms with Gasteiger partial charge in [-0.1, -0.05) is 12.1 Å². The minimum absolute atomic E-state index is 0.263. The molecule has 2 aliphatic heterocycles. The molecule has 1 aromatic heterocycles. The number of nitrogens with zero attached hydrogens (tertiary/aromatic N) is 2. The summed E-state index contributed by atoms with van der Waals surface area (Å²) in [6.45, 7) is 6.40. The van der Waals surface area contributed by atoms with Gasteiger partial charge in [-0.05, 0) is 24.4 Å². The van der Waals surface area contributed by atoms with Gasteiger partial charge in [-0.3, -0.25) is 9.80 Å². The molecule has 0 spiro atoms. The number of carbonyl (C=O) groups is 2. The summed E-state index contributed by atoms with van der Waals surface area (Å²) in [5.41, 5.74) is 2.07. The highest BCUT2D eigenvalue weighted by Gasteiger charge is 2.35. The fraction of sp³-hybridized carbons (Fsp3) is 0.462. The van der Waals surface area contributed by atoms with E-state index in [1.807, 2.05) is 29.6 Å². The second-order valence-corrected chi connectivity index (χ2v) is 9.68. The highest BCUT2D eigenvalue weighted by Crippen LogP contribution is 2.40. The van der Waals surface area contributed by atoms with Gasteiger partial charge in [-0.15, -0.1) is 11.3 Å². The zero-order chi connectivity index (χ0) is 26.4. The van der Waals surface area contributed by atoms with E-state index < -0.39 is 12.0 Å². The number of amides is 2. The third-order valence-electron chi connectivity index (χ3n) is 6.50. The van der Waals surface area contributed by atoms with E-state index in [1.165, 1.54) is 11.3 Å². The molecule has 1 fully saturated rings. The first-order valence-corrected chi connectivity index (χ1v) is 13.1. The van der Waals surface area contributed by atoms with E-state index in [2.05, 4.69) is 20.4 Å². The molecule has 37 heavy (non-hydrogen) atoms. The average molecular weight is 531 g/mol. The molecule has 4 rings (SSSR count). The zero-order valence-electron chi connectivity index (χ0n) is 21.7. The number of methoxy groups -OCH3 is 3. The van der Waals surface area contributed by atoms with Crippen LogP contribution in [0.5, 0.6) is 17.2 Å². The molecule has 10 nitrogen and oxygen atoms in total. The highest BCUT2D eigenvalue weighted by molar-refractivity contribution is 7.10. The summed E-state index contributed by atoms with van der Waals surface area (Å²) in [5, 5.41) is 7.68. The number of nitrogens with one attached hydrogen (secondary N) is 2. The fourth-order valence-corrected chi connectivity index (χ4v) is 5.50. The van der Waals surface area contributed by atoms with E-state index in [0.29, 0.717) is 41.6 Å². The second kappa shape index (κ2) is 12.3. The lowest BCUT2D eigenvalue weighted by atomic mass is 10.0. The molecule has 0 unspecified atom stereocenters. The van der Waals surface area contributed by atoms with Gasteiger partial charge in [0, 0.05) is 55.4 Å². The lowest BCUT2D eigenvalue weighted by molar-refractivity contribution is -0.139. The van der Waals surface area contributed by atoms with E-state index in [0.717, 1.165) is 36.6 Å². The molecule has 200 valence electrons. The molecular formula is C26H34N4O6S. The smallest absolute Gasteiger partial charge is 0.338 e. The van der Waals surface area contributed by atoms with Crippen molar-refractivity contribution >= 4 is 23.3 Å². The van der Waals surface area contributed by atoms with Crippen LogP contribution < -0.4 is 24.8 Å². The summed E-state index contributed by atoms with van der Waals surface area (Å²) in [6.07, 6.45) is 0. The number of thiophene rings is 1. The Kier molecular flexibility index (Phi) is 8.91. The van der Waals surface area contributed by atoms with Crippen LogP contribution in [-0.2, 0) is 16.1 Å². The van der Waals surface area contributed by atoms with Crippen LogP contribution in [0.1, 0.15) is 23.4 Å². The molecule has 2 aromatic rings. The topological polar surface area (TPSA) is 102 Å². The van der Waals surface area contributed by atoms with Crippen molar-refractivity contribution in [1.29, 1.82) is 0 Å². The quantitative estimate of drug-likeness (QED) is 0.453. The van der Waals surface area contributed by atoms with Crippen molar-refractivity contribution in [1.82, 2.24) is 20.4 Å². The number of rotatable bonds is 10. The van der Waals surface area contributed by atoms with Gasteiger partial charge in [0.05, 0.1) is 39.6 Å². The number of urea groups is 1. The number of carbonyl (C=O) groups excluding carboxylic acids is 2. The molecule has 2 aliphatic rings. The van der Waals surface area contributed by atoms with Gasteiger partial charge in [0.1, 0.15) is 0 Å². The minimum Gasteiger partial charge on any atom is -0.493 e. The standard InChI is InChI=1S/C26H34N4O6S/c1-5-36-25(31)21-18(27-26(32)28-22(21)20-7-6-14-37-20)16-30-12-10-29(11-13-30)15-17-8-9-19(33-2)24(35-4)23(17)34-3/h6-9,14,22H,5,10-13,15-16H2,1-4H3,(H2,27,28,32)/t22-/m0/s1. The largest absolute Gasteiger partial charge is 0.493 e. The molecule has 1 aromatic carbocycles. The third-order valence-corrected chi connectivity index (χ3v) is 7.44. The van der Waals surface area contributed by atoms with Crippen LogP contribution in [0.2, 0.25) is 0 Å². The van der Waals surface area contributed by atoms with Gasteiger partial charge in [0.2, 0.25) is 5.75 Å². The SMILES string of the molecule is CCOC(=O)C1=C(CN2CCN(Cc3ccc(OC)c(OC)c3OC)CC2)NC(=O)N[C@H]1c1cccs1. The van der Waals surface area contributed by atoms with Gasteiger partial charge in [0.15, 0.2) is 11.5 Å². The van der Waals surface area contributed by atoms with Crippen LogP contribution in [0, 0.1) is 0 Å². The first-order valence-electron chi connectivity index (χ1n) is 12.2. The van der Waals surface area contributed by atoms with E-state index in [-0.39, 0.29) is 12.6 Å². The fourth-order valence-electron chi connectivity index (χ4n) is 4.72. The summed E-state index contributed by atoms with van der Waals surface area (Å²) >= 11 is 1.50. The molecule has 0 aliphatic carbocycles. The Morgan fingerprint density at radius 1 is 1.00 bits per heavy atom. The van der Waals surface area contributed by atoms with Crippen LogP contribution in [0.3, 0.4) is 0 Å². The van der Waals surface area contributed by atoms with Gasteiger partial charge >= 0.3 is 12.0 Å². The van der Waals surface area contributed by atoms with Crippen LogP contribution >= 0.6 is 11.3 Å². The predicted octanol–water partition coefficient (Wildman–Crippen LogP) is 2.76. The lowest BCUT2D eigenvalue weighted by Crippen LogP contribution is -2.51. The Hall–Kier alpha value is -3.28. The summed E-state index contributed by atoms with van der Waals surface area (Å²) in [7, 11) is 4.83. The molecule has 0 radical (unpaired) electrons. The number of hydrogen-bond acceptors (Lipinski definition) is 9. The number of hydrogen-bond donors (Lipinski definition) is 2. The van der Waals surface area contributed by atoms with Crippen molar-refractivity contribution < 1.29 is 28.5 Å². The van der Waals surface area contributed by atoms with Crippen molar-refractivity contribution in [3.63, 3.8) is 0 Å². The maximum atomic E-state index is 13.0. The Balaban J connectivity index is 1.47. The highest BCUT2D eigenvalue weighted by atomic mass is 32.1. The summed E-state index contributed by atoms with van der Waals surface area (Å²) in [6, 6.07) is 6.86. The van der Waals surface area contributed by atoms with Crippen molar-refractivity contribution in [3.8, 4) is 17.2 Å². The predicted molar refractivity (Wildman–Crippen MR) is 140 cm³/mol. The Morgan fingerprint density at radius 3 is 2.30 bits per heavy atom. The first-order chi connectivity index (χ1) is 18.0. The normalized spacial score (nSPS) is 18.7. The van der Waals surface area contributed by atoms with Gasteiger partial charge in [0.25, 0.3) is 0 Å². The maximum Gasteiger partial charge on any atom is 0.338 e. The van der Waals surface area contributed by atoms with Crippen molar-refractivity contribution in [2.75, 3.05) is 60.7 Å². The van der Waals surface area contributed by atoms with E-state index >= 15 is 0 Å². The molecule has 2 amide bonds. The molecule has 11 heteroatoms. The molecule has 0 bridgehead atoms. The van der Waals surface area contributed by atoms with Crippen LogP contribution in [0.4, 0.5) is 4.79 Å². The molecule has 0 saturated carbocycles. The third kappa shape index (κ3) is 6.00. The molecule has 2 N–H and O–H groups in total. The average Bonchev–Trinajstić information content (AvgIpc) is 3.44. The van der Waals surface area contributed by atoms with Crippen molar-refractivity contribution in [3.05, 3.63) is 51.4 Å². The van der Waals surface area contributed by atoms with Crippen LogP contribution in [0.15, 0.2) is 40.9 Å². The monoisotopic (exact) mass is 530 g/mol. The number of benzene rings is 1. The molecule has 3 heterocycles. The number of piperazine rings is 1. The summed E-state index contributed by atoms with van der Waals surface area (Å²) in [4.78, 5) is 30.9. The van der Waals surface area contributed by atoms with E-state index in [9.17, 15) is 9.59 Å². The van der Waals surface area contributed by atoms with E-state index in [1.54, 1.807) is 28.3 Å². The molecule has 1 atom stereocenters. The van der Waals surface area contributed by atoms with Gasteiger partial charge < -0.3 is 29.6 Å². The summed E-state index contributed by atoms with van der Waals surface area (Å²) in [5.74, 6) is 1.47. The maximum absolute atomic E-state index is 13.0. The van der Waals surface area contributed by atoms with E-state index in [4.69, 9.17) is 18.9 Å². The Labute approximate surface area is 221 Å². The van der Waals surface area contributed by atoms with Crippen LogP contribution in [0.25, 0.3) is 0 Å². The molecular weight excluding hydrogens is 496 g/mol. The minimum atomic E-state index is -0.526. The lowest BCUT2D eigenvalue weighted by Gasteiger charge is -2.37.